The molecule has 5 heteroatoms. The van der Waals surface area contributed by atoms with Crippen LogP contribution in [0.4, 0.5) is 0 Å². The summed E-state index contributed by atoms with van der Waals surface area (Å²) < 4.78 is 7.14. The normalized spacial score (nSPS) is 22.5. The Labute approximate surface area is 127 Å². The van der Waals surface area contributed by atoms with Crippen molar-refractivity contribution in [1.29, 1.82) is 0 Å². The van der Waals surface area contributed by atoms with E-state index in [2.05, 4.69) is 31.1 Å². The number of carbonyl (C=O) groups excluding carboxylic acids is 1. The van der Waals surface area contributed by atoms with E-state index in [0.29, 0.717) is 24.3 Å². The molecule has 1 saturated carbocycles. The van der Waals surface area contributed by atoms with E-state index >= 15 is 0 Å². The molecule has 0 spiro atoms. The summed E-state index contributed by atoms with van der Waals surface area (Å²) in [6, 6.07) is 0.372. The van der Waals surface area contributed by atoms with Crippen molar-refractivity contribution < 1.29 is 9.53 Å². The van der Waals surface area contributed by atoms with Crippen molar-refractivity contribution in [2.75, 3.05) is 6.61 Å². The van der Waals surface area contributed by atoms with Crippen molar-refractivity contribution in [2.45, 2.75) is 71.8 Å². The van der Waals surface area contributed by atoms with Crippen molar-refractivity contribution in [3.05, 3.63) is 11.4 Å². The Morgan fingerprint density at radius 1 is 1.33 bits per heavy atom. The molecule has 21 heavy (non-hydrogen) atoms. The fourth-order valence-electron chi connectivity index (χ4n) is 3.41. The van der Waals surface area contributed by atoms with Crippen LogP contribution in [-0.4, -0.2) is 27.6 Å². The summed E-state index contributed by atoms with van der Waals surface area (Å²) in [7, 11) is 0. The second-order valence-electron chi connectivity index (χ2n) is 6.16. The monoisotopic (exact) mass is 293 g/mol. The first-order valence-electron chi connectivity index (χ1n) is 8.22. The van der Waals surface area contributed by atoms with Gasteiger partial charge in [0.25, 0.3) is 0 Å². The molecule has 5 nitrogen and oxygen atoms in total. The standard InChI is InChI=1S/C16H27N3O2/c1-5-12-9-7-8-10-13(12)19-15(11(3)4)14(17-18-19)16(20)21-6-2/h11-13H,5-10H2,1-4H3. The van der Waals surface area contributed by atoms with Crippen LogP contribution in [0.5, 0.6) is 0 Å². The minimum Gasteiger partial charge on any atom is -0.461 e. The number of esters is 1. The van der Waals surface area contributed by atoms with Crippen molar-refractivity contribution >= 4 is 5.97 Å². The van der Waals surface area contributed by atoms with Crippen molar-refractivity contribution in [3.63, 3.8) is 0 Å². The van der Waals surface area contributed by atoms with Crippen LogP contribution in [0, 0.1) is 5.92 Å². The first-order valence-corrected chi connectivity index (χ1v) is 8.22. The van der Waals surface area contributed by atoms with Crippen LogP contribution in [0.1, 0.15) is 87.9 Å². The maximum Gasteiger partial charge on any atom is 0.360 e. The van der Waals surface area contributed by atoms with Gasteiger partial charge in [-0.3, -0.25) is 0 Å². The van der Waals surface area contributed by atoms with E-state index in [1.165, 1.54) is 19.3 Å². The predicted molar refractivity (Wildman–Crippen MR) is 81.4 cm³/mol. The highest BCUT2D eigenvalue weighted by atomic mass is 16.5. The van der Waals surface area contributed by atoms with Gasteiger partial charge in [-0.1, -0.05) is 45.2 Å². The molecule has 1 aliphatic rings. The molecule has 0 radical (unpaired) electrons. The summed E-state index contributed by atoms with van der Waals surface area (Å²) in [5, 5.41) is 8.47. The molecule has 2 rings (SSSR count). The second kappa shape index (κ2) is 7.05. The molecule has 1 fully saturated rings. The molecule has 2 atom stereocenters. The molecule has 0 aliphatic heterocycles. The van der Waals surface area contributed by atoms with Crippen LogP contribution in [-0.2, 0) is 4.74 Å². The van der Waals surface area contributed by atoms with Gasteiger partial charge in [-0.15, -0.1) is 5.10 Å². The fraction of sp³-hybridized carbons (Fsp3) is 0.812. The Balaban J connectivity index is 2.37. The zero-order chi connectivity index (χ0) is 15.4. The summed E-state index contributed by atoms with van der Waals surface area (Å²) in [5.74, 6) is 0.489. The Bertz CT molecular complexity index is 482. The van der Waals surface area contributed by atoms with E-state index in [4.69, 9.17) is 4.74 Å². The number of hydrogen-bond acceptors (Lipinski definition) is 4. The minimum atomic E-state index is -0.351. The first kappa shape index (κ1) is 16.0. The summed E-state index contributed by atoms with van der Waals surface area (Å²) >= 11 is 0. The van der Waals surface area contributed by atoms with Gasteiger partial charge in [-0.2, -0.15) is 0 Å². The summed E-state index contributed by atoms with van der Waals surface area (Å²) in [5.41, 5.74) is 1.33. The molecule has 0 amide bonds. The van der Waals surface area contributed by atoms with Gasteiger partial charge in [0.2, 0.25) is 0 Å². The number of hydrogen-bond donors (Lipinski definition) is 0. The fourth-order valence-corrected chi connectivity index (χ4v) is 3.41. The average molecular weight is 293 g/mol. The minimum absolute atomic E-state index is 0.207. The number of nitrogens with zero attached hydrogens (tertiary/aromatic N) is 3. The highest BCUT2D eigenvalue weighted by Gasteiger charge is 2.31. The van der Waals surface area contributed by atoms with E-state index in [1.54, 1.807) is 0 Å². The summed E-state index contributed by atoms with van der Waals surface area (Å²) in [4.78, 5) is 12.1. The Morgan fingerprint density at radius 3 is 2.67 bits per heavy atom. The van der Waals surface area contributed by atoms with Gasteiger partial charge in [0.15, 0.2) is 5.69 Å². The van der Waals surface area contributed by atoms with Gasteiger partial charge in [-0.25, -0.2) is 9.48 Å². The van der Waals surface area contributed by atoms with Crippen LogP contribution in [0.15, 0.2) is 0 Å². The Hall–Kier alpha value is -1.39. The van der Waals surface area contributed by atoms with Crippen LogP contribution in [0.25, 0.3) is 0 Å². The van der Waals surface area contributed by atoms with Gasteiger partial charge in [0.1, 0.15) is 0 Å². The van der Waals surface area contributed by atoms with E-state index < -0.39 is 0 Å². The molecule has 0 saturated heterocycles. The number of aromatic nitrogens is 3. The van der Waals surface area contributed by atoms with E-state index in [1.807, 2.05) is 11.6 Å². The second-order valence-corrected chi connectivity index (χ2v) is 6.16. The molecule has 2 unspecified atom stereocenters. The van der Waals surface area contributed by atoms with Crippen LogP contribution in [0.3, 0.4) is 0 Å². The molecule has 1 aromatic rings. The molecule has 0 aromatic carbocycles. The van der Waals surface area contributed by atoms with Gasteiger partial charge >= 0.3 is 5.97 Å². The topological polar surface area (TPSA) is 57.0 Å². The maximum atomic E-state index is 12.1. The third-order valence-electron chi connectivity index (χ3n) is 4.45. The first-order chi connectivity index (χ1) is 10.1. The van der Waals surface area contributed by atoms with Crippen molar-refractivity contribution in [2.24, 2.45) is 5.92 Å². The van der Waals surface area contributed by atoms with Crippen LogP contribution in [0.2, 0.25) is 0 Å². The lowest BCUT2D eigenvalue weighted by Crippen LogP contribution is -2.26. The molecule has 118 valence electrons. The van der Waals surface area contributed by atoms with Crippen LogP contribution >= 0.6 is 0 Å². The van der Waals surface area contributed by atoms with E-state index in [0.717, 1.165) is 18.5 Å². The smallest absolute Gasteiger partial charge is 0.360 e. The number of carbonyl (C=O) groups is 1. The van der Waals surface area contributed by atoms with Gasteiger partial charge in [0.05, 0.1) is 18.3 Å². The molecule has 1 heterocycles. The van der Waals surface area contributed by atoms with Gasteiger partial charge in [-0.05, 0) is 31.6 Å². The van der Waals surface area contributed by atoms with Crippen molar-refractivity contribution in [1.82, 2.24) is 15.0 Å². The molecule has 1 aromatic heterocycles. The zero-order valence-corrected chi connectivity index (χ0v) is 13.6. The lowest BCUT2D eigenvalue weighted by Gasteiger charge is -2.32. The molecule has 1 aliphatic carbocycles. The highest BCUT2D eigenvalue weighted by Crippen LogP contribution is 2.37. The predicted octanol–water partition coefficient (Wildman–Crippen LogP) is 3.72. The van der Waals surface area contributed by atoms with Gasteiger partial charge in [0, 0.05) is 0 Å². The van der Waals surface area contributed by atoms with E-state index in [9.17, 15) is 4.79 Å². The summed E-state index contributed by atoms with van der Waals surface area (Å²) in [6.07, 6.45) is 6.05. The summed E-state index contributed by atoms with van der Waals surface area (Å²) in [6.45, 7) is 8.58. The Kier molecular flexibility index (Phi) is 5.37. The Morgan fingerprint density at radius 2 is 2.05 bits per heavy atom. The largest absolute Gasteiger partial charge is 0.461 e. The van der Waals surface area contributed by atoms with E-state index in [-0.39, 0.29) is 11.9 Å². The maximum absolute atomic E-state index is 12.1. The average Bonchev–Trinajstić information content (AvgIpc) is 2.92. The third-order valence-corrected chi connectivity index (χ3v) is 4.45. The zero-order valence-electron chi connectivity index (χ0n) is 13.6. The lowest BCUT2D eigenvalue weighted by molar-refractivity contribution is 0.0517. The van der Waals surface area contributed by atoms with Gasteiger partial charge < -0.3 is 4.74 Å². The number of ether oxygens (including phenoxy) is 1. The third kappa shape index (κ3) is 3.27. The van der Waals surface area contributed by atoms with Crippen molar-refractivity contribution in [3.8, 4) is 0 Å². The quantitative estimate of drug-likeness (QED) is 0.776. The molecular formula is C16H27N3O2. The highest BCUT2D eigenvalue weighted by molar-refractivity contribution is 5.88. The lowest BCUT2D eigenvalue weighted by atomic mass is 9.82. The van der Waals surface area contributed by atoms with Crippen LogP contribution < -0.4 is 0 Å². The SMILES string of the molecule is CCOC(=O)c1nnn(C2CCCCC2CC)c1C(C)C. The molecule has 0 bridgehead atoms. The number of rotatable bonds is 5. The molecule has 0 N–H and O–H groups in total. The molecular weight excluding hydrogens is 266 g/mol.